The molecule has 2 aromatic heterocycles. The van der Waals surface area contributed by atoms with Crippen LogP contribution in [-0.2, 0) is 22.7 Å². The van der Waals surface area contributed by atoms with Crippen LogP contribution in [0.4, 0.5) is 20.3 Å². The largest absolute Gasteiger partial charge is 0.487 e. The van der Waals surface area contributed by atoms with Gasteiger partial charge in [0.1, 0.15) is 17.6 Å². The molecule has 3 N–H and O–H groups in total. The second kappa shape index (κ2) is 15.6. The van der Waals surface area contributed by atoms with Gasteiger partial charge in [-0.25, -0.2) is 4.98 Å². The summed E-state index contributed by atoms with van der Waals surface area (Å²) >= 11 is 4.84. The number of anilines is 2. The normalized spacial score (nSPS) is 19.9. The maximum absolute atomic E-state index is 13.2. The Hall–Kier alpha value is -5.45. The predicted molar refractivity (Wildman–Crippen MR) is 202 cm³/mol. The van der Waals surface area contributed by atoms with E-state index in [1.54, 1.807) is 17.2 Å². The summed E-state index contributed by atoms with van der Waals surface area (Å²) in [6, 6.07) is 14.9. The second-order valence-corrected chi connectivity index (χ2v) is 15.0. The Kier molecular flexibility index (Phi) is 10.4. The average Bonchev–Trinajstić information content (AvgIpc) is 3.84. The molecule has 4 aromatic rings. The van der Waals surface area contributed by atoms with Crippen LogP contribution >= 0.6 is 11.6 Å². The van der Waals surface area contributed by atoms with E-state index in [4.69, 9.17) is 16.6 Å². The third-order valence-corrected chi connectivity index (χ3v) is 11.0. The SMILES string of the molecule is O=C1CCC(N2Cc3cc(CN4CCC(N5CCN(c6ncc(C(=O)Nc7ccc(OC(F)(F)Cl)cc7)cc6-c6ccn[nH]6)CC5)CC4)ccc3C2=O)C(=O)N1. The van der Waals surface area contributed by atoms with Gasteiger partial charge in [-0.15, -0.1) is 8.78 Å². The summed E-state index contributed by atoms with van der Waals surface area (Å²) in [4.78, 5) is 63.9. The molecule has 56 heavy (non-hydrogen) atoms. The number of ether oxygens (including phenoxy) is 1. The van der Waals surface area contributed by atoms with E-state index in [1.165, 1.54) is 30.5 Å². The number of fused-ring (bicyclic) bond motifs is 1. The Morgan fingerprint density at radius 3 is 2.41 bits per heavy atom. The number of H-pyrrole nitrogens is 1. The van der Waals surface area contributed by atoms with Gasteiger partial charge in [-0.05, 0) is 85.9 Å². The maximum Gasteiger partial charge on any atom is 0.487 e. The van der Waals surface area contributed by atoms with Crippen LogP contribution in [0.15, 0.2) is 67.0 Å². The van der Waals surface area contributed by atoms with Crippen LogP contribution < -0.4 is 20.3 Å². The number of piperidine rings is 2. The molecular weight excluding hydrogens is 748 g/mol. The van der Waals surface area contributed by atoms with Crippen molar-refractivity contribution in [2.45, 2.75) is 56.4 Å². The molecule has 2 aromatic carbocycles. The summed E-state index contributed by atoms with van der Waals surface area (Å²) in [6.07, 6.45) is 5.85. The first-order valence-electron chi connectivity index (χ1n) is 18.6. The molecule has 0 saturated carbocycles. The molecule has 0 bridgehead atoms. The molecule has 292 valence electrons. The average molecular weight is 788 g/mol. The minimum Gasteiger partial charge on any atom is -0.420 e. The van der Waals surface area contributed by atoms with Crippen molar-refractivity contribution in [2.75, 3.05) is 49.5 Å². The van der Waals surface area contributed by atoms with E-state index in [9.17, 15) is 28.0 Å². The number of aromatic amines is 1. The third-order valence-electron chi connectivity index (χ3n) is 10.9. The molecule has 14 nitrogen and oxygen atoms in total. The summed E-state index contributed by atoms with van der Waals surface area (Å²) < 4.78 is 30.3. The minimum atomic E-state index is -3.84. The summed E-state index contributed by atoms with van der Waals surface area (Å²) in [5, 5.41) is 12.2. The number of nitrogens with zero attached hydrogens (tertiary/aromatic N) is 6. The quantitative estimate of drug-likeness (QED) is 0.155. The Balaban J connectivity index is 0.844. The minimum absolute atomic E-state index is 0.142. The fourth-order valence-corrected chi connectivity index (χ4v) is 8.20. The Bertz CT molecular complexity index is 2120. The van der Waals surface area contributed by atoms with E-state index >= 15 is 0 Å². The van der Waals surface area contributed by atoms with Crippen molar-refractivity contribution in [3.05, 3.63) is 89.2 Å². The van der Waals surface area contributed by atoms with Gasteiger partial charge in [-0.3, -0.25) is 39.4 Å². The lowest BCUT2D eigenvalue weighted by Gasteiger charge is -2.43. The van der Waals surface area contributed by atoms with Crippen LogP contribution in [0.3, 0.4) is 0 Å². The van der Waals surface area contributed by atoms with Crippen molar-refractivity contribution >= 4 is 46.7 Å². The first-order chi connectivity index (χ1) is 27.0. The number of likely N-dealkylation sites (tertiary alicyclic amines) is 1. The molecule has 0 spiro atoms. The summed E-state index contributed by atoms with van der Waals surface area (Å²) in [7, 11) is 0. The molecular formula is C39H40ClF2N9O5. The zero-order valence-corrected chi connectivity index (χ0v) is 31.1. The number of alkyl halides is 3. The highest BCUT2D eigenvalue weighted by Gasteiger charge is 2.39. The number of aromatic nitrogens is 3. The van der Waals surface area contributed by atoms with Crippen molar-refractivity contribution in [1.29, 1.82) is 0 Å². The van der Waals surface area contributed by atoms with Gasteiger partial charge in [0.15, 0.2) is 0 Å². The molecule has 0 radical (unpaired) electrons. The Labute approximate surface area is 326 Å². The van der Waals surface area contributed by atoms with Gasteiger partial charge in [0.05, 0.1) is 11.3 Å². The summed E-state index contributed by atoms with van der Waals surface area (Å²) in [6.45, 7) is 6.34. The molecule has 8 rings (SSSR count). The van der Waals surface area contributed by atoms with E-state index in [0.29, 0.717) is 35.8 Å². The summed E-state index contributed by atoms with van der Waals surface area (Å²) in [5.74, 6) is -0.664. The topological polar surface area (TPSA) is 156 Å². The standard InChI is InChI=1S/C39H40ClF2N9O5/c40-39(41,42)56-29-4-2-27(3-5-29)45-36(53)25-20-31(32-9-12-44-47-32)35(43-21-25)50-17-15-49(16-18-50)28-10-13-48(14-11-28)22-24-1-6-30-26(19-24)23-51(38(30)55)33-7-8-34(52)46-37(33)54/h1-6,9,12,19-21,28,33H,7-8,10-11,13-18,22-23H2,(H,44,47)(H,45,53)(H,46,52,54). The Morgan fingerprint density at radius 1 is 0.946 bits per heavy atom. The van der Waals surface area contributed by atoms with Gasteiger partial charge in [-0.1, -0.05) is 12.1 Å². The molecule has 3 fully saturated rings. The zero-order valence-electron chi connectivity index (χ0n) is 30.3. The maximum atomic E-state index is 13.2. The van der Waals surface area contributed by atoms with Gasteiger partial charge in [0.25, 0.3) is 11.8 Å². The zero-order chi connectivity index (χ0) is 39.0. The van der Waals surface area contributed by atoms with Gasteiger partial charge < -0.3 is 19.9 Å². The molecule has 4 aliphatic rings. The van der Waals surface area contributed by atoms with Crippen LogP contribution in [-0.4, -0.2) is 110 Å². The van der Waals surface area contributed by atoms with E-state index in [-0.39, 0.29) is 24.0 Å². The number of rotatable bonds is 10. The van der Waals surface area contributed by atoms with Crippen molar-refractivity contribution in [2.24, 2.45) is 0 Å². The van der Waals surface area contributed by atoms with Crippen molar-refractivity contribution < 1.29 is 32.7 Å². The first kappa shape index (κ1) is 37.5. The molecule has 6 heterocycles. The van der Waals surface area contributed by atoms with Crippen LogP contribution in [0.1, 0.15) is 57.5 Å². The van der Waals surface area contributed by atoms with E-state index in [0.717, 1.165) is 86.9 Å². The molecule has 4 amide bonds. The fourth-order valence-electron chi connectivity index (χ4n) is 8.11. The van der Waals surface area contributed by atoms with Crippen molar-refractivity contribution in [3.8, 4) is 17.0 Å². The van der Waals surface area contributed by atoms with Crippen molar-refractivity contribution in [1.82, 2.24) is 35.2 Å². The number of carbonyl (C=O) groups excluding carboxylic acids is 4. The molecule has 1 atom stereocenters. The highest BCUT2D eigenvalue weighted by molar-refractivity contribution is 6.20. The number of halogens is 3. The van der Waals surface area contributed by atoms with E-state index < -0.39 is 23.4 Å². The lowest BCUT2D eigenvalue weighted by Crippen LogP contribution is -2.53. The molecule has 4 aliphatic heterocycles. The van der Waals surface area contributed by atoms with Gasteiger partial charge in [-0.2, -0.15) is 5.10 Å². The number of nitrogens with one attached hydrogen (secondary N) is 3. The number of hydrogen-bond donors (Lipinski definition) is 3. The van der Waals surface area contributed by atoms with Gasteiger partial charge >= 0.3 is 5.57 Å². The second-order valence-electron chi connectivity index (χ2n) is 14.5. The smallest absolute Gasteiger partial charge is 0.420 e. The Morgan fingerprint density at radius 2 is 1.71 bits per heavy atom. The summed E-state index contributed by atoms with van der Waals surface area (Å²) in [5.41, 5.74) is 1.02. The van der Waals surface area contributed by atoms with Crippen LogP contribution in [0, 0.1) is 0 Å². The molecule has 3 saturated heterocycles. The lowest BCUT2D eigenvalue weighted by molar-refractivity contribution is -0.136. The number of pyridine rings is 1. The van der Waals surface area contributed by atoms with E-state index in [1.807, 2.05) is 18.2 Å². The molecule has 17 heteroatoms. The predicted octanol–water partition coefficient (Wildman–Crippen LogP) is 4.44. The highest BCUT2D eigenvalue weighted by atomic mass is 35.5. The molecule has 0 aliphatic carbocycles. The third kappa shape index (κ3) is 8.22. The van der Waals surface area contributed by atoms with Gasteiger partial charge in [0, 0.05) is 92.5 Å². The van der Waals surface area contributed by atoms with E-state index in [2.05, 4.69) is 46.3 Å². The van der Waals surface area contributed by atoms with Crippen LogP contribution in [0.5, 0.6) is 5.75 Å². The van der Waals surface area contributed by atoms with Crippen LogP contribution in [0.2, 0.25) is 0 Å². The number of piperazine rings is 1. The highest BCUT2D eigenvalue weighted by Crippen LogP contribution is 2.32. The fraction of sp³-hybridized carbons (Fsp3) is 0.385. The molecule has 1 unspecified atom stereocenters. The number of imide groups is 1. The number of carbonyl (C=O) groups is 4. The monoisotopic (exact) mass is 787 g/mol. The number of amides is 4. The number of benzene rings is 2. The van der Waals surface area contributed by atoms with Gasteiger partial charge in [0.2, 0.25) is 11.8 Å². The first-order valence-corrected chi connectivity index (χ1v) is 19.0. The van der Waals surface area contributed by atoms with Crippen molar-refractivity contribution in [3.63, 3.8) is 0 Å². The lowest BCUT2D eigenvalue weighted by atomic mass is 10.0. The number of hydrogen-bond acceptors (Lipinski definition) is 10. The van der Waals surface area contributed by atoms with Crippen LogP contribution in [0.25, 0.3) is 11.3 Å².